The second-order valence-corrected chi connectivity index (χ2v) is 3.60. The summed E-state index contributed by atoms with van der Waals surface area (Å²) in [6.07, 6.45) is 3.79. The van der Waals surface area contributed by atoms with Gasteiger partial charge in [0.05, 0.1) is 17.8 Å². The highest BCUT2D eigenvalue weighted by molar-refractivity contribution is 5.45. The zero-order chi connectivity index (χ0) is 9.19. The smallest absolute Gasteiger partial charge is 0.0658 e. The van der Waals surface area contributed by atoms with Gasteiger partial charge in [0.2, 0.25) is 0 Å². The van der Waals surface area contributed by atoms with E-state index in [0.29, 0.717) is 0 Å². The number of H-pyrrole nitrogens is 1. The maximum absolute atomic E-state index is 9.11. The first-order chi connectivity index (χ1) is 5.58. The molecule has 1 heterocycles. The van der Waals surface area contributed by atoms with Crippen molar-refractivity contribution in [2.24, 2.45) is 0 Å². The summed E-state index contributed by atoms with van der Waals surface area (Å²) in [5.74, 6) is 0. The number of hydrogen-bond donors (Lipinski definition) is 2. The third kappa shape index (κ3) is 1.61. The summed E-state index contributed by atoms with van der Waals surface area (Å²) in [6.45, 7) is 4.15. The summed E-state index contributed by atoms with van der Waals surface area (Å²) in [7, 11) is 1.97. The fourth-order valence-electron chi connectivity index (χ4n) is 0.979. The highest BCUT2D eigenvalue weighted by Gasteiger charge is 2.22. The molecule has 1 rings (SSSR count). The van der Waals surface area contributed by atoms with E-state index in [1.165, 1.54) is 0 Å². The summed E-state index contributed by atoms with van der Waals surface area (Å²) in [5, 5.41) is 9.11. The quantitative estimate of drug-likeness (QED) is 0.712. The third-order valence-electron chi connectivity index (χ3n) is 2.26. The van der Waals surface area contributed by atoms with Crippen molar-refractivity contribution >= 4 is 5.69 Å². The Morgan fingerprint density at radius 2 is 2.25 bits per heavy atom. The van der Waals surface area contributed by atoms with Crippen LogP contribution in [0.3, 0.4) is 0 Å². The number of aliphatic hydroxyl groups is 1. The van der Waals surface area contributed by atoms with Gasteiger partial charge < -0.3 is 15.0 Å². The van der Waals surface area contributed by atoms with Gasteiger partial charge in [0.15, 0.2) is 0 Å². The highest BCUT2D eigenvalue weighted by Crippen LogP contribution is 2.20. The zero-order valence-electron chi connectivity index (χ0n) is 7.83. The molecule has 0 aliphatic heterocycles. The molecule has 0 amide bonds. The van der Waals surface area contributed by atoms with Gasteiger partial charge in [-0.3, -0.25) is 0 Å². The lowest BCUT2D eigenvalue weighted by Gasteiger charge is -2.34. The Labute approximate surface area is 73.0 Å². The van der Waals surface area contributed by atoms with E-state index in [-0.39, 0.29) is 12.1 Å². The Kier molecular flexibility index (Phi) is 2.43. The number of aromatic amines is 1. The molecular weight excluding hydrogens is 152 g/mol. The Balaban J connectivity index is 2.78. The predicted molar refractivity (Wildman–Crippen MR) is 50.4 cm³/mol. The molecule has 0 saturated heterocycles. The van der Waals surface area contributed by atoms with Gasteiger partial charge in [0.25, 0.3) is 0 Å². The average Bonchev–Trinajstić information content (AvgIpc) is 2.55. The number of anilines is 1. The van der Waals surface area contributed by atoms with Gasteiger partial charge >= 0.3 is 0 Å². The lowest BCUT2D eigenvalue weighted by atomic mass is 10.1. The normalized spacial score (nSPS) is 11.7. The van der Waals surface area contributed by atoms with Crippen molar-refractivity contribution in [3.05, 3.63) is 18.5 Å². The molecule has 0 atom stereocenters. The Bertz CT molecular complexity index is 229. The molecule has 3 nitrogen and oxygen atoms in total. The van der Waals surface area contributed by atoms with E-state index >= 15 is 0 Å². The van der Waals surface area contributed by atoms with E-state index in [1.807, 2.05) is 44.3 Å². The van der Waals surface area contributed by atoms with Crippen molar-refractivity contribution in [1.82, 2.24) is 4.98 Å². The van der Waals surface area contributed by atoms with Gasteiger partial charge in [-0.15, -0.1) is 0 Å². The lowest BCUT2D eigenvalue weighted by molar-refractivity contribution is 0.216. The number of likely N-dealkylation sites (N-methyl/N-ethyl adjacent to an activating group) is 1. The molecule has 0 aliphatic carbocycles. The molecule has 3 heteroatoms. The number of hydrogen-bond acceptors (Lipinski definition) is 2. The largest absolute Gasteiger partial charge is 0.394 e. The Hall–Kier alpha value is -0.960. The van der Waals surface area contributed by atoms with E-state index in [4.69, 9.17) is 5.11 Å². The second kappa shape index (κ2) is 3.19. The molecule has 2 N–H and O–H groups in total. The molecule has 0 saturated carbocycles. The van der Waals surface area contributed by atoms with E-state index in [9.17, 15) is 0 Å². The van der Waals surface area contributed by atoms with Crippen LogP contribution in [-0.2, 0) is 0 Å². The monoisotopic (exact) mass is 168 g/mol. The minimum atomic E-state index is -0.206. The Morgan fingerprint density at radius 3 is 2.67 bits per heavy atom. The van der Waals surface area contributed by atoms with Crippen LogP contribution in [0, 0.1) is 0 Å². The summed E-state index contributed by atoms with van der Waals surface area (Å²) in [6, 6.07) is 1.98. The number of aliphatic hydroxyl groups excluding tert-OH is 1. The SMILES string of the molecule is CN(c1cc[nH]c1)C(C)(C)CO. The molecule has 1 aromatic heterocycles. The van der Waals surface area contributed by atoms with Crippen molar-refractivity contribution in [2.45, 2.75) is 19.4 Å². The number of nitrogens with zero attached hydrogens (tertiary/aromatic N) is 1. The van der Waals surface area contributed by atoms with Crippen LogP contribution >= 0.6 is 0 Å². The Morgan fingerprint density at radius 1 is 1.58 bits per heavy atom. The van der Waals surface area contributed by atoms with E-state index < -0.39 is 0 Å². The van der Waals surface area contributed by atoms with Gasteiger partial charge in [0, 0.05) is 19.4 Å². The first-order valence-electron chi connectivity index (χ1n) is 4.05. The van der Waals surface area contributed by atoms with Crippen molar-refractivity contribution in [2.75, 3.05) is 18.6 Å². The summed E-state index contributed by atoms with van der Waals surface area (Å²) in [5.41, 5.74) is 0.886. The number of rotatable bonds is 3. The summed E-state index contributed by atoms with van der Waals surface area (Å²) in [4.78, 5) is 5.03. The molecule has 0 aliphatic rings. The van der Waals surface area contributed by atoms with E-state index in [0.717, 1.165) is 5.69 Å². The van der Waals surface area contributed by atoms with E-state index in [1.54, 1.807) is 0 Å². The maximum Gasteiger partial charge on any atom is 0.0658 e. The summed E-state index contributed by atoms with van der Waals surface area (Å²) < 4.78 is 0. The first kappa shape index (κ1) is 9.13. The molecule has 68 valence electrons. The minimum absolute atomic E-state index is 0.147. The third-order valence-corrected chi connectivity index (χ3v) is 2.26. The van der Waals surface area contributed by atoms with Gasteiger partial charge in [-0.05, 0) is 19.9 Å². The summed E-state index contributed by atoms with van der Waals surface area (Å²) >= 11 is 0. The van der Waals surface area contributed by atoms with Crippen molar-refractivity contribution < 1.29 is 5.11 Å². The molecule has 0 aromatic carbocycles. The van der Waals surface area contributed by atoms with E-state index in [2.05, 4.69) is 4.98 Å². The molecule has 1 aromatic rings. The van der Waals surface area contributed by atoms with Crippen LogP contribution in [0.25, 0.3) is 0 Å². The van der Waals surface area contributed by atoms with Gasteiger partial charge in [-0.2, -0.15) is 0 Å². The van der Waals surface area contributed by atoms with Crippen LogP contribution in [0.4, 0.5) is 5.69 Å². The van der Waals surface area contributed by atoms with Crippen molar-refractivity contribution in [3.8, 4) is 0 Å². The highest BCUT2D eigenvalue weighted by atomic mass is 16.3. The fourth-order valence-corrected chi connectivity index (χ4v) is 0.979. The number of aromatic nitrogens is 1. The lowest BCUT2D eigenvalue weighted by Crippen LogP contribution is -2.44. The van der Waals surface area contributed by atoms with Crippen LogP contribution < -0.4 is 4.90 Å². The topological polar surface area (TPSA) is 39.3 Å². The molecule has 12 heavy (non-hydrogen) atoms. The van der Waals surface area contributed by atoms with Crippen molar-refractivity contribution in [1.29, 1.82) is 0 Å². The zero-order valence-corrected chi connectivity index (χ0v) is 7.83. The van der Waals surface area contributed by atoms with Crippen molar-refractivity contribution in [3.63, 3.8) is 0 Å². The van der Waals surface area contributed by atoms with Crippen LogP contribution in [0.5, 0.6) is 0 Å². The molecule has 0 spiro atoms. The number of nitrogens with one attached hydrogen (secondary N) is 1. The second-order valence-electron chi connectivity index (χ2n) is 3.60. The van der Waals surface area contributed by atoms with Gasteiger partial charge in [-0.25, -0.2) is 0 Å². The first-order valence-corrected chi connectivity index (χ1v) is 4.05. The van der Waals surface area contributed by atoms with Crippen LogP contribution in [0.15, 0.2) is 18.5 Å². The van der Waals surface area contributed by atoms with Crippen LogP contribution in [0.2, 0.25) is 0 Å². The van der Waals surface area contributed by atoms with Crippen LogP contribution in [0.1, 0.15) is 13.8 Å². The average molecular weight is 168 g/mol. The predicted octanol–water partition coefficient (Wildman–Crippen LogP) is 1.22. The molecule has 0 unspecified atom stereocenters. The molecule has 0 bridgehead atoms. The standard InChI is InChI=1S/C9H16N2O/c1-9(2,7-12)11(3)8-4-5-10-6-8/h4-6,10,12H,7H2,1-3H3. The molecular formula is C9H16N2O. The fraction of sp³-hybridized carbons (Fsp3) is 0.556. The maximum atomic E-state index is 9.11. The molecule has 0 radical (unpaired) electrons. The van der Waals surface area contributed by atoms with Crippen LogP contribution in [-0.4, -0.2) is 29.3 Å². The van der Waals surface area contributed by atoms with Gasteiger partial charge in [-0.1, -0.05) is 0 Å². The van der Waals surface area contributed by atoms with Gasteiger partial charge in [0.1, 0.15) is 0 Å². The minimum Gasteiger partial charge on any atom is -0.394 e. The molecule has 0 fully saturated rings.